The molecule has 0 saturated heterocycles. The van der Waals surface area contributed by atoms with Crippen LogP contribution in [-0.4, -0.2) is 10.5 Å². The maximum absolute atomic E-state index is 2.33. The van der Waals surface area contributed by atoms with E-state index in [1.54, 1.807) is 0 Å². The van der Waals surface area contributed by atoms with Crippen LogP contribution < -0.4 is 0 Å². The van der Waals surface area contributed by atoms with Gasteiger partial charge >= 0.3 is 0 Å². The quantitative estimate of drug-likeness (QED) is 0.0984. The molecule has 2 unspecified atom stereocenters. The fourth-order valence-electron chi connectivity index (χ4n) is 4.19. The minimum Gasteiger partial charge on any atom is -0.0904 e. The topological polar surface area (TPSA) is 0 Å². The molecule has 0 amide bonds. The molecule has 0 nitrogen and oxygen atoms in total. The van der Waals surface area contributed by atoms with Gasteiger partial charge in [0.2, 0.25) is 0 Å². The molecule has 0 heterocycles. The number of unbranched alkanes of at least 4 members (excludes halogenated alkanes) is 14. The second-order valence-electron chi connectivity index (χ2n) is 9.54. The van der Waals surface area contributed by atoms with Gasteiger partial charge in [-0.2, -0.15) is 0 Å². The summed E-state index contributed by atoms with van der Waals surface area (Å²) in [6, 6.07) is 0. The highest BCUT2D eigenvalue weighted by molar-refractivity contribution is 8.77. The Kier molecular flexibility index (Phi) is 26.6. The molecule has 0 aliphatic carbocycles. The summed E-state index contributed by atoms with van der Waals surface area (Å²) in [5, 5.41) is 1.82. The molecule has 0 radical (unpaired) electrons. The summed E-state index contributed by atoms with van der Waals surface area (Å²) < 4.78 is 0. The normalized spacial score (nSPS) is 13.6. The van der Waals surface area contributed by atoms with Gasteiger partial charge in [0.1, 0.15) is 0 Å². The molecule has 0 aromatic heterocycles. The first kappa shape index (κ1) is 30.7. The van der Waals surface area contributed by atoms with Crippen molar-refractivity contribution in [3.63, 3.8) is 0 Å². The van der Waals surface area contributed by atoms with Crippen molar-refractivity contribution in [2.45, 2.75) is 179 Å². The van der Waals surface area contributed by atoms with Gasteiger partial charge in [-0.3, -0.25) is 0 Å². The Bertz CT molecular complexity index is 275. The molecule has 0 aromatic carbocycles. The molecule has 0 aliphatic rings. The van der Waals surface area contributed by atoms with Crippen molar-refractivity contribution in [3.8, 4) is 0 Å². The smallest absolute Gasteiger partial charge is 0.0151 e. The summed E-state index contributed by atoms with van der Waals surface area (Å²) >= 11 is 0. The van der Waals surface area contributed by atoms with Gasteiger partial charge in [0, 0.05) is 10.5 Å². The van der Waals surface area contributed by atoms with Crippen molar-refractivity contribution in [1.29, 1.82) is 0 Å². The zero-order valence-corrected chi connectivity index (χ0v) is 23.2. The van der Waals surface area contributed by atoms with E-state index in [1.807, 2.05) is 0 Å². The summed E-state index contributed by atoms with van der Waals surface area (Å²) in [6.07, 6.45) is 31.6. The van der Waals surface area contributed by atoms with E-state index in [0.29, 0.717) is 0 Å². The highest BCUT2D eigenvalue weighted by Crippen LogP contribution is 2.40. The van der Waals surface area contributed by atoms with Crippen molar-refractivity contribution in [2.75, 3.05) is 0 Å². The van der Waals surface area contributed by atoms with Crippen LogP contribution in [0.25, 0.3) is 0 Å². The molecule has 0 aromatic rings. The van der Waals surface area contributed by atoms with Gasteiger partial charge in [0.15, 0.2) is 0 Å². The second-order valence-corrected chi connectivity index (χ2v) is 12.4. The van der Waals surface area contributed by atoms with Crippen molar-refractivity contribution < 1.29 is 0 Å². The van der Waals surface area contributed by atoms with Crippen LogP contribution in [0.15, 0.2) is 0 Å². The molecule has 30 heavy (non-hydrogen) atoms. The highest BCUT2D eigenvalue weighted by Gasteiger charge is 2.15. The summed E-state index contributed by atoms with van der Waals surface area (Å²) in [4.78, 5) is 0. The highest BCUT2D eigenvalue weighted by atomic mass is 33.1. The van der Waals surface area contributed by atoms with E-state index in [-0.39, 0.29) is 0 Å². The van der Waals surface area contributed by atoms with E-state index < -0.39 is 0 Å². The average Bonchev–Trinajstić information content (AvgIpc) is 2.76. The summed E-state index contributed by atoms with van der Waals surface area (Å²) in [5.74, 6) is 0. The predicted molar refractivity (Wildman–Crippen MR) is 147 cm³/mol. The summed E-state index contributed by atoms with van der Waals surface area (Å²) in [5.41, 5.74) is 0. The van der Waals surface area contributed by atoms with Gasteiger partial charge in [0.25, 0.3) is 0 Å². The zero-order valence-electron chi connectivity index (χ0n) is 21.5. The third-order valence-electron chi connectivity index (χ3n) is 6.35. The number of rotatable bonds is 25. The van der Waals surface area contributed by atoms with Crippen LogP contribution in [0.1, 0.15) is 169 Å². The van der Waals surface area contributed by atoms with Gasteiger partial charge in [0.05, 0.1) is 0 Å². The largest absolute Gasteiger partial charge is 0.0904 e. The molecular weight excluding hydrogens is 400 g/mol. The Hall–Kier alpha value is 0.700. The first-order chi connectivity index (χ1) is 14.8. The molecule has 0 rings (SSSR count). The molecular formula is C28H58S2. The Morgan fingerprint density at radius 3 is 0.833 bits per heavy atom. The molecule has 0 N–H and O–H groups in total. The maximum atomic E-state index is 2.33. The predicted octanol–water partition coefficient (Wildman–Crippen LogP) is 11.8. The van der Waals surface area contributed by atoms with E-state index in [0.717, 1.165) is 10.5 Å². The third kappa shape index (κ3) is 21.9. The monoisotopic (exact) mass is 458 g/mol. The average molecular weight is 459 g/mol. The van der Waals surface area contributed by atoms with Crippen molar-refractivity contribution in [3.05, 3.63) is 0 Å². The van der Waals surface area contributed by atoms with E-state index in [2.05, 4.69) is 49.3 Å². The molecule has 0 spiro atoms. The Morgan fingerprint density at radius 2 is 0.567 bits per heavy atom. The number of hydrogen-bond acceptors (Lipinski definition) is 2. The lowest BCUT2D eigenvalue weighted by Gasteiger charge is -2.21. The van der Waals surface area contributed by atoms with Crippen LogP contribution in [-0.2, 0) is 0 Å². The van der Waals surface area contributed by atoms with Gasteiger partial charge in [-0.1, -0.05) is 165 Å². The van der Waals surface area contributed by atoms with Gasteiger partial charge in [-0.15, -0.1) is 0 Å². The minimum absolute atomic E-state index is 0.909. The van der Waals surface area contributed by atoms with Crippen molar-refractivity contribution in [1.82, 2.24) is 0 Å². The lowest BCUT2D eigenvalue weighted by Crippen LogP contribution is -2.06. The third-order valence-corrected chi connectivity index (χ3v) is 9.91. The molecule has 0 fully saturated rings. The van der Waals surface area contributed by atoms with Crippen LogP contribution in [0.3, 0.4) is 0 Å². The summed E-state index contributed by atoms with van der Waals surface area (Å²) in [6.45, 7) is 9.32. The SMILES string of the molecule is CCCCCCCC(CCCCCC)SSC(CCCCCC)CCCCCCC. The van der Waals surface area contributed by atoms with Crippen molar-refractivity contribution in [2.24, 2.45) is 0 Å². The lowest BCUT2D eigenvalue weighted by atomic mass is 10.0. The Labute approximate surface area is 200 Å². The van der Waals surface area contributed by atoms with Crippen LogP contribution in [0.4, 0.5) is 0 Å². The van der Waals surface area contributed by atoms with Crippen LogP contribution >= 0.6 is 21.6 Å². The van der Waals surface area contributed by atoms with E-state index >= 15 is 0 Å². The standard InChI is InChI=1S/C28H58S2/c1-5-9-13-17-21-25-27(23-19-15-11-7-3)29-30-28(24-20-16-12-8-4)26-22-18-14-10-6-2/h27-28H,5-26H2,1-4H3. The first-order valence-corrected chi connectivity index (χ1v) is 16.4. The Balaban J connectivity index is 4.37. The fraction of sp³-hybridized carbons (Fsp3) is 1.00. The van der Waals surface area contributed by atoms with Gasteiger partial charge < -0.3 is 0 Å². The van der Waals surface area contributed by atoms with E-state index in [4.69, 9.17) is 0 Å². The maximum Gasteiger partial charge on any atom is 0.0151 e. The Morgan fingerprint density at radius 1 is 0.333 bits per heavy atom. The second kappa shape index (κ2) is 26.0. The minimum atomic E-state index is 0.909. The van der Waals surface area contributed by atoms with Crippen LogP contribution in [0.2, 0.25) is 0 Å². The molecule has 2 atom stereocenters. The first-order valence-electron chi connectivity index (χ1n) is 14.1. The van der Waals surface area contributed by atoms with Gasteiger partial charge in [-0.25, -0.2) is 0 Å². The molecule has 0 bridgehead atoms. The fourth-order valence-corrected chi connectivity index (χ4v) is 7.65. The molecule has 0 saturated carbocycles. The van der Waals surface area contributed by atoms with E-state index in [1.165, 1.54) is 141 Å². The van der Waals surface area contributed by atoms with Gasteiger partial charge in [-0.05, 0) is 25.7 Å². The zero-order chi connectivity index (χ0) is 22.1. The van der Waals surface area contributed by atoms with Crippen LogP contribution in [0, 0.1) is 0 Å². The van der Waals surface area contributed by atoms with E-state index in [9.17, 15) is 0 Å². The molecule has 0 aliphatic heterocycles. The lowest BCUT2D eigenvalue weighted by molar-refractivity contribution is 0.556. The summed E-state index contributed by atoms with van der Waals surface area (Å²) in [7, 11) is 4.60. The van der Waals surface area contributed by atoms with Crippen molar-refractivity contribution >= 4 is 21.6 Å². The van der Waals surface area contributed by atoms with Crippen LogP contribution in [0.5, 0.6) is 0 Å². The molecule has 182 valence electrons. The molecule has 2 heteroatoms. The number of hydrogen-bond donors (Lipinski definition) is 0.